The standard InChI is InChI=1S/C10H16N4O4/c1-3-6-7(4-14(2)13-6)11-10(18)12-8(5-15)9(16)17/h4,8,15H,3,5H2,1-2H3,(H,16,17)(H2,11,12,18)/t8-/m0/s1. The third-order valence-corrected chi connectivity index (χ3v) is 2.27. The highest BCUT2D eigenvalue weighted by molar-refractivity contribution is 5.92. The second-order valence-electron chi connectivity index (χ2n) is 3.69. The fourth-order valence-electron chi connectivity index (χ4n) is 1.40. The Bertz CT molecular complexity index is 443. The lowest BCUT2D eigenvalue weighted by Gasteiger charge is -2.12. The van der Waals surface area contributed by atoms with Gasteiger partial charge in [-0.1, -0.05) is 6.92 Å². The molecule has 1 aromatic heterocycles. The molecule has 1 rings (SSSR count). The molecule has 0 aliphatic carbocycles. The number of carboxylic acids is 1. The van der Waals surface area contributed by atoms with E-state index in [4.69, 9.17) is 10.2 Å². The summed E-state index contributed by atoms with van der Waals surface area (Å²) in [5.41, 5.74) is 1.21. The van der Waals surface area contributed by atoms with E-state index in [1.54, 1.807) is 17.9 Å². The van der Waals surface area contributed by atoms with Gasteiger partial charge in [0.25, 0.3) is 0 Å². The first-order valence-corrected chi connectivity index (χ1v) is 5.41. The summed E-state index contributed by atoms with van der Waals surface area (Å²) in [5, 5.41) is 26.2. The summed E-state index contributed by atoms with van der Waals surface area (Å²) >= 11 is 0. The molecule has 1 heterocycles. The van der Waals surface area contributed by atoms with Gasteiger partial charge in [0.05, 0.1) is 18.0 Å². The number of aliphatic hydroxyl groups is 1. The summed E-state index contributed by atoms with van der Waals surface area (Å²) in [6.45, 7) is 1.22. The van der Waals surface area contributed by atoms with Crippen LogP contribution in [-0.4, -0.2) is 44.6 Å². The number of urea groups is 1. The first kappa shape index (κ1) is 14.0. The zero-order valence-electron chi connectivity index (χ0n) is 10.2. The van der Waals surface area contributed by atoms with E-state index < -0.39 is 24.6 Å². The highest BCUT2D eigenvalue weighted by Gasteiger charge is 2.19. The molecule has 0 saturated heterocycles. The van der Waals surface area contributed by atoms with Crippen LogP contribution in [0.15, 0.2) is 6.20 Å². The van der Waals surface area contributed by atoms with Crippen LogP contribution in [0.4, 0.5) is 10.5 Å². The van der Waals surface area contributed by atoms with Gasteiger partial charge < -0.3 is 20.8 Å². The summed E-state index contributed by atoms with van der Waals surface area (Å²) in [6, 6.07) is -2.02. The molecule has 0 spiro atoms. The zero-order valence-corrected chi connectivity index (χ0v) is 10.2. The lowest BCUT2D eigenvalue weighted by atomic mass is 10.3. The Morgan fingerprint density at radius 2 is 2.22 bits per heavy atom. The number of carbonyl (C=O) groups excluding carboxylic acids is 1. The lowest BCUT2D eigenvalue weighted by molar-refractivity contribution is -0.140. The van der Waals surface area contributed by atoms with Gasteiger partial charge >= 0.3 is 12.0 Å². The van der Waals surface area contributed by atoms with E-state index in [-0.39, 0.29) is 0 Å². The van der Waals surface area contributed by atoms with Crippen LogP contribution in [-0.2, 0) is 18.3 Å². The number of aliphatic hydroxyl groups excluding tert-OH is 1. The van der Waals surface area contributed by atoms with Crippen LogP contribution in [0.3, 0.4) is 0 Å². The van der Waals surface area contributed by atoms with Crippen molar-refractivity contribution in [3.8, 4) is 0 Å². The fraction of sp³-hybridized carbons (Fsp3) is 0.500. The van der Waals surface area contributed by atoms with Gasteiger partial charge in [0.2, 0.25) is 0 Å². The number of aliphatic carboxylic acids is 1. The molecule has 0 fully saturated rings. The quantitative estimate of drug-likeness (QED) is 0.569. The highest BCUT2D eigenvalue weighted by atomic mass is 16.4. The predicted octanol–water partition coefficient (Wildman–Crippen LogP) is -0.450. The number of hydrogen-bond donors (Lipinski definition) is 4. The van der Waals surface area contributed by atoms with Crippen molar-refractivity contribution in [1.82, 2.24) is 15.1 Å². The van der Waals surface area contributed by atoms with Gasteiger partial charge in [0.15, 0.2) is 6.04 Å². The molecule has 1 atom stereocenters. The first-order chi connectivity index (χ1) is 8.47. The van der Waals surface area contributed by atoms with Crippen LogP contribution in [0.2, 0.25) is 0 Å². The second kappa shape index (κ2) is 6.01. The molecule has 8 heteroatoms. The maximum Gasteiger partial charge on any atom is 0.328 e. The van der Waals surface area contributed by atoms with Crippen molar-refractivity contribution in [3.05, 3.63) is 11.9 Å². The van der Waals surface area contributed by atoms with Gasteiger partial charge in [0.1, 0.15) is 0 Å². The van der Waals surface area contributed by atoms with Gasteiger partial charge in [-0.2, -0.15) is 5.10 Å². The Labute approximate surface area is 104 Å². The Balaban J connectivity index is 2.66. The molecule has 100 valence electrons. The fourth-order valence-corrected chi connectivity index (χ4v) is 1.40. The van der Waals surface area contributed by atoms with Crippen LogP contribution in [0.1, 0.15) is 12.6 Å². The van der Waals surface area contributed by atoms with Crippen LogP contribution in [0, 0.1) is 0 Å². The van der Waals surface area contributed by atoms with E-state index in [0.29, 0.717) is 17.8 Å². The molecule has 0 radical (unpaired) electrons. The smallest absolute Gasteiger partial charge is 0.328 e. The van der Waals surface area contributed by atoms with Gasteiger partial charge in [-0.3, -0.25) is 4.68 Å². The average molecular weight is 256 g/mol. The molecule has 0 aliphatic heterocycles. The van der Waals surface area contributed by atoms with Gasteiger partial charge in [-0.05, 0) is 6.42 Å². The number of anilines is 1. The normalized spacial score (nSPS) is 11.9. The number of rotatable bonds is 5. The number of carboxylic acid groups (broad SMARTS) is 1. The topological polar surface area (TPSA) is 116 Å². The number of nitrogens with one attached hydrogen (secondary N) is 2. The number of aryl methyl sites for hydroxylation is 2. The maximum atomic E-state index is 11.5. The highest BCUT2D eigenvalue weighted by Crippen LogP contribution is 2.13. The third-order valence-electron chi connectivity index (χ3n) is 2.27. The summed E-state index contributed by atoms with van der Waals surface area (Å²) in [6.07, 6.45) is 2.26. The minimum atomic E-state index is -1.33. The molecule has 2 amide bonds. The van der Waals surface area contributed by atoms with Crippen LogP contribution < -0.4 is 10.6 Å². The van der Waals surface area contributed by atoms with E-state index in [0.717, 1.165) is 0 Å². The van der Waals surface area contributed by atoms with Gasteiger partial charge in [-0.25, -0.2) is 9.59 Å². The molecule has 1 aromatic rings. The van der Waals surface area contributed by atoms with Crippen molar-refractivity contribution in [1.29, 1.82) is 0 Å². The molecule has 0 saturated carbocycles. The second-order valence-corrected chi connectivity index (χ2v) is 3.69. The number of amides is 2. The average Bonchev–Trinajstić information content (AvgIpc) is 2.65. The molecule has 0 aromatic carbocycles. The number of hydrogen-bond acceptors (Lipinski definition) is 4. The molecule has 18 heavy (non-hydrogen) atoms. The number of aromatic nitrogens is 2. The summed E-state index contributed by atoms with van der Waals surface area (Å²) in [5.74, 6) is -1.30. The predicted molar refractivity (Wildman–Crippen MR) is 63.3 cm³/mol. The van der Waals surface area contributed by atoms with Crippen molar-refractivity contribution in [3.63, 3.8) is 0 Å². The van der Waals surface area contributed by atoms with Crippen molar-refractivity contribution in [2.24, 2.45) is 7.05 Å². The monoisotopic (exact) mass is 256 g/mol. The minimum Gasteiger partial charge on any atom is -0.480 e. The zero-order chi connectivity index (χ0) is 13.7. The SMILES string of the molecule is CCc1nn(C)cc1NC(=O)N[C@@H](CO)C(=O)O. The van der Waals surface area contributed by atoms with E-state index >= 15 is 0 Å². The lowest BCUT2D eigenvalue weighted by Crippen LogP contribution is -2.45. The molecular formula is C10H16N4O4. The first-order valence-electron chi connectivity index (χ1n) is 5.41. The molecule has 0 aliphatic rings. The molecular weight excluding hydrogens is 240 g/mol. The largest absolute Gasteiger partial charge is 0.480 e. The van der Waals surface area contributed by atoms with E-state index in [1.165, 1.54) is 0 Å². The Morgan fingerprint density at radius 1 is 1.56 bits per heavy atom. The Hall–Kier alpha value is -2.09. The molecule has 4 N–H and O–H groups in total. The maximum absolute atomic E-state index is 11.5. The Kier molecular flexibility index (Phi) is 4.67. The summed E-state index contributed by atoms with van der Waals surface area (Å²) < 4.78 is 1.55. The van der Waals surface area contributed by atoms with Gasteiger partial charge in [-0.15, -0.1) is 0 Å². The molecule has 0 bridgehead atoms. The van der Waals surface area contributed by atoms with Crippen LogP contribution in [0.5, 0.6) is 0 Å². The summed E-state index contributed by atoms with van der Waals surface area (Å²) in [4.78, 5) is 22.2. The van der Waals surface area contributed by atoms with E-state index in [9.17, 15) is 9.59 Å². The summed E-state index contributed by atoms with van der Waals surface area (Å²) in [7, 11) is 1.72. The number of carbonyl (C=O) groups is 2. The third kappa shape index (κ3) is 3.45. The Morgan fingerprint density at radius 3 is 2.72 bits per heavy atom. The van der Waals surface area contributed by atoms with Gasteiger partial charge in [0, 0.05) is 13.2 Å². The van der Waals surface area contributed by atoms with E-state index in [2.05, 4.69) is 15.7 Å². The van der Waals surface area contributed by atoms with Crippen molar-refractivity contribution < 1.29 is 19.8 Å². The van der Waals surface area contributed by atoms with Crippen molar-refractivity contribution >= 4 is 17.7 Å². The molecule has 8 nitrogen and oxygen atoms in total. The minimum absolute atomic E-state index is 0.513. The van der Waals surface area contributed by atoms with Crippen molar-refractivity contribution in [2.45, 2.75) is 19.4 Å². The van der Waals surface area contributed by atoms with Crippen LogP contribution in [0.25, 0.3) is 0 Å². The number of nitrogens with zero attached hydrogens (tertiary/aromatic N) is 2. The molecule has 0 unspecified atom stereocenters. The van der Waals surface area contributed by atoms with E-state index in [1.807, 2.05) is 6.92 Å². The van der Waals surface area contributed by atoms with Crippen molar-refractivity contribution in [2.75, 3.05) is 11.9 Å². The van der Waals surface area contributed by atoms with Crippen LogP contribution >= 0.6 is 0 Å².